The minimum absolute atomic E-state index is 0.860. The fourth-order valence-electron chi connectivity index (χ4n) is 8.30. The van der Waals surface area contributed by atoms with Gasteiger partial charge in [-0.3, -0.25) is 15.0 Å². The van der Waals surface area contributed by atoms with E-state index in [1.807, 2.05) is 49.1 Å². The fraction of sp³-hybridized carbons (Fsp3) is 0. The number of rotatable bonds is 8. The van der Waals surface area contributed by atoms with E-state index < -0.39 is 0 Å². The van der Waals surface area contributed by atoms with Crippen LogP contribution < -0.4 is 0 Å². The topological polar surface area (TPSA) is 56.5 Å². The summed E-state index contributed by atoms with van der Waals surface area (Å²) in [7, 11) is 0. The first-order valence-electron chi connectivity index (χ1n) is 20.4. The van der Waals surface area contributed by atoms with E-state index in [0.29, 0.717) is 0 Å². The summed E-state index contributed by atoms with van der Waals surface area (Å²) >= 11 is 0. The van der Waals surface area contributed by atoms with Crippen molar-refractivity contribution >= 4 is 21.8 Å². The molecule has 5 heterocycles. The van der Waals surface area contributed by atoms with Gasteiger partial charge in [0.15, 0.2) is 0 Å². The molecule has 61 heavy (non-hydrogen) atoms. The molecular weight excluding hydrogens is 743 g/mol. The molecule has 0 saturated heterocycles. The first-order valence-corrected chi connectivity index (χ1v) is 20.4. The van der Waals surface area contributed by atoms with Crippen LogP contribution in [0.5, 0.6) is 0 Å². The van der Waals surface area contributed by atoms with Crippen molar-refractivity contribution in [2.75, 3.05) is 0 Å². The maximum absolute atomic E-state index is 5.24. The Morgan fingerprint density at radius 1 is 0.295 bits per heavy atom. The van der Waals surface area contributed by atoms with Gasteiger partial charge in [-0.25, -0.2) is 4.98 Å². The smallest absolute Gasteiger partial charge is 0.0731 e. The summed E-state index contributed by atoms with van der Waals surface area (Å²) in [5.41, 5.74) is 18.2. The third kappa shape index (κ3) is 6.94. The molecule has 5 aromatic heterocycles. The molecule has 0 bridgehead atoms. The van der Waals surface area contributed by atoms with Crippen LogP contribution in [0, 0.1) is 0 Å². The predicted molar refractivity (Wildman–Crippen MR) is 250 cm³/mol. The Bertz CT molecular complexity index is 3190. The highest BCUT2D eigenvalue weighted by Crippen LogP contribution is 2.37. The molecule has 0 amide bonds. The normalized spacial score (nSPS) is 11.3. The molecule has 11 aromatic rings. The van der Waals surface area contributed by atoms with Crippen molar-refractivity contribution in [3.05, 3.63) is 225 Å². The Balaban J connectivity index is 0.948. The molecule has 0 radical (unpaired) electrons. The van der Waals surface area contributed by atoms with Crippen LogP contribution in [0.3, 0.4) is 0 Å². The standard InChI is InChI=1S/C56H37N5/c1-3-8-38(9-4-1)40-13-15-43(16-14-40)48-33-53(60-54(34-48)47-23-27-52(59-36-47)46-12-7-30-57-35-46)44-19-17-42(18-20-44)45-24-28-55-50(32-45)51-37-58-31-29-56(51)61(55)49-25-21-41(22-26-49)39-10-5-2-6-11-39/h1-37H. The molecule has 0 spiro atoms. The maximum Gasteiger partial charge on any atom is 0.0731 e. The molecule has 6 aromatic carbocycles. The van der Waals surface area contributed by atoms with Crippen molar-refractivity contribution in [3.8, 4) is 84.0 Å². The van der Waals surface area contributed by atoms with Crippen LogP contribution in [0.4, 0.5) is 0 Å². The molecule has 0 fully saturated rings. The number of hydrogen-bond donors (Lipinski definition) is 0. The van der Waals surface area contributed by atoms with Gasteiger partial charge >= 0.3 is 0 Å². The molecule has 0 aliphatic rings. The van der Waals surface area contributed by atoms with E-state index in [1.165, 1.54) is 22.3 Å². The highest BCUT2D eigenvalue weighted by Gasteiger charge is 2.15. The van der Waals surface area contributed by atoms with E-state index in [-0.39, 0.29) is 0 Å². The van der Waals surface area contributed by atoms with E-state index in [1.54, 1.807) is 6.20 Å². The number of benzene rings is 6. The van der Waals surface area contributed by atoms with Crippen molar-refractivity contribution < 1.29 is 0 Å². The van der Waals surface area contributed by atoms with E-state index in [2.05, 4.69) is 184 Å². The van der Waals surface area contributed by atoms with Gasteiger partial charge in [0, 0.05) is 64.1 Å². The number of nitrogens with zero attached hydrogens (tertiary/aromatic N) is 5. The minimum Gasteiger partial charge on any atom is -0.309 e. The van der Waals surface area contributed by atoms with Gasteiger partial charge in [-0.15, -0.1) is 0 Å². The van der Waals surface area contributed by atoms with Crippen LogP contribution >= 0.6 is 0 Å². The first-order chi connectivity index (χ1) is 30.2. The van der Waals surface area contributed by atoms with E-state index in [4.69, 9.17) is 9.97 Å². The van der Waals surface area contributed by atoms with Gasteiger partial charge in [-0.1, -0.05) is 127 Å². The highest BCUT2D eigenvalue weighted by atomic mass is 15.0. The second kappa shape index (κ2) is 15.5. The van der Waals surface area contributed by atoms with Crippen LogP contribution in [0.1, 0.15) is 0 Å². The number of aromatic nitrogens is 5. The maximum atomic E-state index is 5.24. The third-order valence-corrected chi connectivity index (χ3v) is 11.5. The summed E-state index contributed by atoms with van der Waals surface area (Å²) in [6.45, 7) is 0. The molecule has 0 atom stereocenters. The lowest BCUT2D eigenvalue weighted by Crippen LogP contribution is -1.94. The zero-order valence-electron chi connectivity index (χ0n) is 33.1. The monoisotopic (exact) mass is 779 g/mol. The summed E-state index contributed by atoms with van der Waals surface area (Å²) in [5, 5.41) is 2.29. The van der Waals surface area contributed by atoms with Gasteiger partial charge in [0.1, 0.15) is 0 Å². The molecule has 5 nitrogen and oxygen atoms in total. The molecule has 0 saturated carbocycles. The van der Waals surface area contributed by atoms with Gasteiger partial charge in [-0.05, 0) is 111 Å². The van der Waals surface area contributed by atoms with E-state index in [0.717, 1.165) is 83.5 Å². The number of hydrogen-bond acceptors (Lipinski definition) is 4. The second-order valence-electron chi connectivity index (χ2n) is 15.2. The Labute approximate surface area is 354 Å². The van der Waals surface area contributed by atoms with E-state index in [9.17, 15) is 0 Å². The Morgan fingerprint density at radius 2 is 0.803 bits per heavy atom. The van der Waals surface area contributed by atoms with E-state index >= 15 is 0 Å². The lowest BCUT2D eigenvalue weighted by Gasteiger charge is -2.12. The van der Waals surface area contributed by atoms with Gasteiger partial charge in [0.2, 0.25) is 0 Å². The quantitative estimate of drug-likeness (QED) is 0.154. The zero-order valence-corrected chi connectivity index (χ0v) is 33.1. The Hall–Kier alpha value is -8.28. The van der Waals surface area contributed by atoms with Crippen molar-refractivity contribution in [1.82, 2.24) is 24.5 Å². The van der Waals surface area contributed by atoms with Gasteiger partial charge in [0.05, 0.1) is 28.1 Å². The molecular formula is C56H37N5. The summed E-state index contributed by atoms with van der Waals surface area (Å²) in [6.07, 6.45) is 9.37. The van der Waals surface area contributed by atoms with Crippen molar-refractivity contribution in [2.24, 2.45) is 0 Å². The fourth-order valence-corrected chi connectivity index (χ4v) is 8.30. The summed E-state index contributed by atoms with van der Waals surface area (Å²) in [4.78, 5) is 18.9. The summed E-state index contributed by atoms with van der Waals surface area (Å²) in [5.74, 6) is 0. The van der Waals surface area contributed by atoms with Crippen molar-refractivity contribution in [2.45, 2.75) is 0 Å². The molecule has 5 heteroatoms. The minimum atomic E-state index is 0.860. The predicted octanol–water partition coefficient (Wildman–Crippen LogP) is 14.0. The molecule has 286 valence electrons. The van der Waals surface area contributed by atoms with Crippen LogP contribution in [0.2, 0.25) is 0 Å². The molecule has 0 N–H and O–H groups in total. The van der Waals surface area contributed by atoms with Gasteiger partial charge in [-0.2, -0.15) is 0 Å². The summed E-state index contributed by atoms with van der Waals surface area (Å²) < 4.78 is 2.33. The average Bonchev–Trinajstić information content (AvgIpc) is 3.68. The van der Waals surface area contributed by atoms with Crippen LogP contribution in [-0.4, -0.2) is 24.5 Å². The van der Waals surface area contributed by atoms with Crippen LogP contribution in [0.25, 0.3) is 106 Å². The molecule has 0 unspecified atom stereocenters. The number of pyridine rings is 4. The third-order valence-electron chi connectivity index (χ3n) is 11.5. The van der Waals surface area contributed by atoms with Crippen molar-refractivity contribution in [3.63, 3.8) is 0 Å². The first kappa shape index (κ1) is 35.8. The molecule has 0 aliphatic carbocycles. The Kier molecular flexibility index (Phi) is 9.10. The SMILES string of the molecule is c1ccc(-c2ccc(-c3cc(-c4ccc(-c5ccc6c(c5)c5cnccc5n6-c5ccc(-c6ccccc6)cc5)cc4)nc(-c4ccc(-c5cccnc5)nc4)c3)cc2)cc1. The van der Waals surface area contributed by atoms with Crippen LogP contribution in [-0.2, 0) is 0 Å². The van der Waals surface area contributed by atoms with Gasteiger partial charge in [0.25, 0.3) is 0 Å². The van der Waals surface area contributed by atoms with Gasteiger partial charge < -0.3 is 4.57 Å². The van der Waals surface area contributed by atoms with Crippen molar-refractivity contribution in [1.29, 1.82) is 0 Å². The Morgan fingerprint density at radius 3 is 1.44 bits per heavy atom. The lowest BCUT2D eigenvalue weighted by molar-refractivity contribution is 1.17. The highest BCUT2D eigenvalue weighted by molar-refractivity contribution is 6.10. The number of fused-ring (bicyclic) bond motifs is 3. The molecule has 0 aliphatic heterocycles. The zero-order chi connectivity index (χ0) is 40.5. The van der Waals surface area contributed by atoms with Crippen LogP contribution in [0.15, 0.2) is 225 Å². The average molecular weight is 780 g/mol. The lowest BCUT2D eigenvalue weighted by atomic mass is 9.97. The molecule has 11 rings (SSSR count). The largest absolute Gasteiger partial charge is 0.309 e. The second-order valence-corrected chi connectivity index (χ2v) is 15.2. The summed E-state index contributed by atoms with van der Waals surface area (Å²) in [6, 6.07) is 68.6.